The maximum absolute atomic E-state index is 12.4. The third kappa shape index (κ3) is 6.36. The van der Waals surface area contributed by atoms with Crippen LogP contribution in [0.2, 0.25) is 0 Å². The van der Waals surface area contributed by atoms with E-state index in [1.165, 1.54) is 5.69 Å². The molecule has 3 aromatic rings. The van der Waals surface area contributed by atoms with Crippen molar-refractivity contribution in [2.45, 2.75) is 65.6 Å². The minimum absolute atomic E-state index is 0.292. The van der Waals surface area contributed by atoms with Crippen LogP contribution in [-0.2, 0) is 6.42 Å². The van der Waals surface area contributed by atoms with Gasteiger partial charge in [0.25, 0.3) is 0 Å². The standard InChI is InChI=1S/C26H36N8O/c1-7-18-12-19-13-27-24(31-23(19)30-22(18)32-25(35)33-26(4,5)6)29-20-8-10-21(11-9-20)34-14-16(2)28-17(3)15-34/h8-13,16-17,28H,7,14-15H2,1-6H3,(H3,27,29,30,31,32,33,35)/t16-,17+. The highest BCUT2D eigenvalue weighted by molar-refractivity contribution is 5.91. The van der Waals surface area contributed by atoms with Crippen LogP contribution in [0.5, 0.6) is 0 Å². The van der Waals surface area contributed by atoms with E-state index < -0.39 is 0 Å². The van der Waals surface area contributed by atoms with Crippen LogP contribution in [0, 0.1) is 0 Å². The number of carbonyl (C=O) groups excluding carboxylic acids is 1. The number of pyridine rings is 1. The van der Waals surface area contributed by atoms with Crippen molar-refractivity contribution in [3.05, 3.63) is 42.1 Å². The van der Waals surface area contributed by atoms with E-state index in [2.05, 4.69) is 67.1 Å². The molecule has 35 heavy (non-hydrogen) atoms. The molecule has 1 fully saturated rings. The van der Waals surface area contributed by atoms with E-state index in [0.717, 1.165) is 36.1 Å². The average molecular weight is 477 g/mol. The Morgan fingerprint density at radius 3 is 2.43 bits per heavy atom. The van der Waals surface area contributed by atoms with Gasteiger partial charge in [0.1, 0.15) is 5.82 Å². The van der Waals surface area contributed by atoms with Crippen LogP contribution in [0.3, 0.4) is 0 Å². The molecule has 3 heterocycles. The first-order valence-corrected chi connectivity index (χ1v) is 12.2. The second-order valence-corrected chi connectivity index (χ2v) is 10.3. The molecule has 1 aromatic carbocycles. The molecule has 9 nitrogen and oxygen atoms in total. The zero-order chi connectivity index (χ0) is 25.2. The van der Waals surface area contributed by atoms with Crippen LogP contribution in [-0.4, -0.2) is 51.7 Å². The predicted molar refractivity (Wildman–Crippen MR) is 143 cm³/mol. The Hall–Kier alpha value is -3.46. The van der Waals surface area contributed by atoms with Crippen LogP contribution in [0.1, 0.15) is 47.1 Å². The van der Waals surface area contributed by atoms with Gasteiger partial charge in [-0.15, -0.1) is 0 Å². The molecule has 0 radical (unpaired) electrons. The van der Waals surface area contributed by atoms with Crippen LogP contribution < -0.4 is 26.2 Å². The summed E-state index contributed by atoms with van der Waals surface area (Å²) < 4.78 is 0. The molecule has 0 bridgehead atoms. The summed E-state index contributed by atoms with van der Waals surface area (Å²) in [6, 6.07) is 10.9. The Labute approximate surface area is 207 Å². The third-order valence-electron chi connectivity index (χ3n) is 5.80. The van der Waals surface area contributed by atoms with Crippen molar-refractivity contribution >= 4 is 40.2 Å². The second kappa shape index (κ2) is 10.0. The van der Waals surface area contributed by atoms with Gasteiger partial charge >= 0.3 is 6.03 Å². The number of nitrogens with zero attached hydrogens (tertiary/aromatic N) is 4. The van der Waals surface area contributed by atoms with Gasteiger partial charge in [0, 0.05) is 53.7 Å². The van der Waals surface area contributed by atoms with Gasteiger partial charge in [-0.05, 0) is 76.9 Å². The van der Waals surface area contributed by atoms with Gasteiger partial charge in [0.05, 0.1) is 0 Å². The minimum Gasteiger partial charge on any atom is -0.368 e. The van der Waals surface area contributed by atoms with E-state index in [0.29, 0.717) is 29.5 Å². The van der Waals surface area contributed by atoms with Crippen molar-refractivity contribution in [1.29, 1.82) is 0 Å². The average Bonchev–Trinajstić information content (AvgIpc) is 2.77. The largest absolute Gasteiger partial charge is 0.368 e. The van der Waals surface area contributed by atoms with Crippen LogP contribution in [0.25, 0.3) is 11.0 Å². The van der Waals surface area contributed by atoms with Crippen molar-refractivity contribution in [2.75, 3.05) is 28.6 Å². The molecule has 0 spiro atoms. The van der Waals surface area contributed by atoms with Gasteiger partial charge in [-0.2, -0.15) is 4.98 Å². The highest BCUT2D eigenvalue weighted by atomic mass is 16.2. The highest BCUT2D eigenvalue weighted by Gasteiger charge is 2.21. The molecule has 4 rings (SSSR count). The molecular formula is C26H36N8O. The topological polar surface area (TPSA) is 107 Å². The lowest BCUT2D eigenvalue weighted by Crippen LogP contribution is -2.54. The number of anilines is 4. The number of benzene rings is 1. The number of aromatic nitrogens is 3. The molecule has 1 saturated heterocycles. The molecule has 0 aliphatic carbocycles. The van der Waals surface area contributed by atoms with E-state index in [-0.39, 0.29) is 11.6 Å². The number of rotatable bonds is 5. The lowest BCUT2D eigenvalue weighted by molar-refractivity contribution is 0.243. The number of piperazine rings is 1. The number of hydrogen-bond donors (Lipinski definition) is 4. The quantitative estimate of drug-likeness (QED) is 0.431. The summed E-state index contributed by atoms with van der Waals surface area (Å²) >= 11 is 0. The molecule has 186 valence electrons. The molecule has 2 aromatic heterocycles. The number of urea groups is 1. The van der Waals surface area contributed by atoms with Crippen LogP contribution in [0.15, 0.2) is 36.5 Å². The summed E-state index contributed by atoms with van der Waals surface area (Å²) in [7, 11) is 0. The Balaban J connectivity index is 1.51. The summed E-state index contributed by atoms with van der Waals surface area (Å²) in [4.78, 5) is 28.5. The Bertz CT molecular complexity index is 1180. The highest BCUT2D eigenvalue weighted by Crippen LogP contribution is 2.24. The summed E-state index contributed by atoms with van der Waals surface area (Å²) in [6.45, 7) is 14.2. The summed E-state index contributed by atoms with van der Waals surface area (Å²) in [5.74, 6) is 0.965. The Morgan fingerprint density at radius 1 is 1.11 bits per heavy atom. The molecule has 2 amide bonds. The maximum atomic E-state index is 12.4. The van der Waals surface area contributed by atoms with Crippen molar-refractivity contribution in [3.63, 3.8) is 0 Å². The van der Waals surface area contributed by atoms with Gasteiger partial charge in [-0.3, -0.25) is 5.32 Å². The summed E-state index contributed by atoms with van der Waals surface area (Å²) in [5.41, 5.74) is 3.21. The van der Waals surface area contributed by atoms with Gasteiger partial charge in [0.15, 0.2) is 5.65 Å². The van der Waals surface area contributed by atoms with E-state index >= 15 is 0 Å². The third-order valence-corrected chi connectivity index (χ3v) is 5.80. The summed E-state index contributed by atoms with van der Waals surface area (Å²) in [6.07, 6.45) is 2.48. The normalized spacial score (nSPS) is 18.4. The molecule has 4 N–H and O–H groups in total. The first-order chi connectivity index (χ1) is 16.6. The molecule has 0 saturated carbocycles. The van der Waals surface area contributed by atoms with Crippen molar-refractivity contribution in [1.82, 2.24) is 25.6 Å². The number of hydrogen-bond acceptors (Lipinski definition) is 7. The number of nitrogens with one attached hydrogen (secondary N) is 4. The smallest absolute Gasteiger partial charge is 0.320 e. The Morgan fingerprint density at radius 2 is 1.80 bits per heavy atom. The number of aryl methyl sites for hydroxylation is 1. The van der Waals surface area contributed by atoms with Crippen molar-refractivity contribution in [3.8, 4) is 0 Å². The fourth-order valence-corrected chi connectivity index (χ4v) is 4.35. The first kappa shape index (κ1) is 24.7. The lowest BCUT2D eigenvalue weighted by Gasteiger charge is -2.37. The second-order valence-electron chi connectivity index (χ2n) is 10.3. The SMILES string of the molecule is CCc1cc2cnc(Nc3ccc(N4C[C@@H](C)N[C@@H](C)C4)cc3)nc2nc1NC(=O)NC(C)(C)C. The number of carbonyl (C=O) groups is 1. The van der Waals surface area contributed by atoms with Gasteiger partial charge in [0.2, 0.25) is 5.95 Å². The van der Waals surface area contributed by atoms with Crippen molar-refractivity contribution in [2.24, 2.45) is 0 Å². The fraction of sp³-hybridized carbons (Fsp3) is 0.462. The number of amides is 2. The molecule has 1 aliphatic rings. The molecule has 9 heteroatoms. The molecular weight excluding hydrogens is 440 g/mol. The maximum Gasteiger partial charge on any atom is 0.320 e. The lowest BCUT2D eigenvalue weighted by atomic mass is 10.1. The van der Waals surface area contributed by atoms with Crippen molar-refractivity contribution < 1.29 is 4.79 Å². The van der Waals surface area contributed by atoms with E-state index in [1.54, 1.807) is 6.20 Å². The minimum atomic E-state index is -0.344. The van der Waals surface area contributed by atoms with Gasteiger partial charge in [-0.1, -0.05) is 6.92 Å². The van der Waals surface area contributed by atoms with E-state index in [4.69, 9.17) is 0 Å². The molecule has 2 atom stereocenters. The van der Waals surface area contributed by atoms with E-state index in [9.17, 15) is 4.79 Å². The number of fused-ring (bicyclic) bond motifs is 1. The predicted octanol–water partition coefficient (Wildman–Crippen LogP) is 4.44. The molecule has 1 aliphatic heterocycles. The van der Waals surface area contributed by atoms with E-state index in [1.807, 2.05) is 45.9 Å². The fourth-order valence-electron chi connectivity index (χ4n) is 4.35. The van der Waals surface area contributed by atoms with Gasteiger partial charge in [-0.25, -0.2) is 14.8 Å². The summed E-state index contributed by atoms with van der Waals surface area (Å²) in [5, 5.41) is 13.4. The van der Waals surface area contributed by atoms with Gasteiger partial charge < -0.3 is 20.9 Å². The monoisotopic (exact) mass is 476 g/mol. The Kier molecular flexibility index (Phi) is 7.07. The zero-order valence-electron chi connectivity index (χ0n) is 21.4. The zero-order valence-corrected chi connectivity index (χ0v) is 21.4. The van der Waals surface area contributed by atoms with Crippen LogP contribution in [0.4, 0.5) is 27.9 Å². The van der Waals surface area contributed by atoms with Crippen LogP contribution >= 0.6 is 0 Å². The first-order valence-electron chi connectivity index (χ1n) is 12.2. The molecule has 0 unspecified atom stereocenters.